The highest BCUT2D eigenvalue weighted by Gasteiger charge is 2.18. The monoisotopic (exact) mass is 458 g/mol. The fourth-order valence-corrected chi connectivity index (χ4v) is 3.32. The Morgan fingerprint density at radius 3 is 2.27 bits per heavy atom. The van der Waals surface area contributed by atoms with Crippen molar-refractivity contribution in [1.29, 1.82) is 0 Å². The fourth-order valence-electron chi connectivity index (χ4n) is 3.19. The van der Waals surface area contributed by atoms with E-state index in [4.69, 9.17) is 16.3 Å². The molecule has 0 bridgehead atoms. The summed E-state index contributed by atoms with van der Waals surface area (Å²) in [5.41, 5.74) is 4.75. The number of hydrogen-bond acceptors (Lipinski definition) is 6. The highest BCUT2D eigenvalue weighted by atomic mass is 35.5. The number of ether oxygens (including phenoxy) is 1. The molecule has 7 heteroatoms. The van der Waals surface area contributed by atoms with E-state index in [1.54, 1.807) is 19.1 Å². The van der Waals surface area contributed by atoms with Crippen LogP contribution in [0.5, 0.6) is 0 Å². The molecule has 0 spiro atoms. The minimum absolute atomic E-state index is 0.250. The van der Waals surface area contributed by atoms with Crippen LogP contribution >= 0.6 is 11.6 Å². The third kappa shape index (κ3) is 5.48. The van der Waals surface area contributed by atoms with Crippen molar-refractivity contribution >= 4 is 40.5 Å². The number of rotatable bonds is 7. The van der Waals surface area contributed by atoms with Gasteiger partial charge in [0, 0.05) is 22.5 Å². The van der Waals surface area contributed by atoms with Crippen LogP contribution in [0.25, 0.3) is 11.4 Å². The Labute approximate surface area is 197 Å². The molecule has 0 amide bonds. The van der Waals surface area contributed by atoms with Crippen LogP contribution in [0.4, 0.5) is 22.9 Å². The van der Waals surface area contributed by atoms with Crippen molar-refractivity contribution in [1.82, 2.24) is 9.97 Å². The molecule has 0 saturated carbocycles. The Morgan fingerprint density at radius 2 is 1.61 bits per heavy atom. The van der Waals surface area contributed by atoms with Crippen molar-refractivity contribution in [2.45, 2.75) is 13.8 Å². The van der Waals surface area contributed by atoms with Crippen LogP contribution in [0.2, 0.25) is 5.02 Å². The average Bonchev–Trinajstić information content (AvgIpc) is 2.82. The van der Waals surface area contributed by atoms with Gasteiger partial charge in [0.05, 0.1) is 18.0 Å². The second kappa shape index (κ2) is 10.1. The third-order valence-corrected chi connectivity index (χ3v) is 5.15. The zero-order chi connectivity index (χ0) is 23.2. The molecule has 2 N–H and O–H groups in total. The standard InChI is InChI=1S/C26H23ClN4O2/c1-3-33-26(32)21-16-28-24(18-10-12-19(27)13-11-18)31-25(21)30-23-7-5-4-6-22(23)29-20-14-8-17(2)9-15-20/h4-16,29H,3H2,1-2H3,(H,28,30,31). The lowest BCUT2D eigenvalue weighted by Gasteiger charge is -2.16. The Hall–Kier alpha value is -3.90. The normalized spacial score (nSPS) is 10.5. The van der Waals surface area contributed by atoms with E-state index >= 15 is 0 Å². The molecule has 1 heterocycles. The fraction of sp³-hybridized carbons (Fsp3) is 0.115. The van der Waals surface area contributed by atoms with Gasteiger partial charge in [0.15, 0.2) is 5.82 Å². The molecule has 6 nitrogen and oxygen atoms in total. The maximum Gasteiger partial charge on any atom is 0.343 e. The lowest BCUT2D eigenvalue weighted by Crippen LogP contribution is -2.11. The number of carbonyl (C=O) groups is 1. The number of nitrogens with zero attached hydrogens (tertiary/aromatic N) is 2. The van der Waals surface area contributed by atoms with Crippen molar-refractivity contribution in [3.8, 4) is 11.4 Å². The highest BCUT2D eigenvalue weighted by Crippen LogP contribution is 2.30. The first-order valence-corrected chi connectivity index (χ1v) is 10.9. The molecule has 0 fully saturated rings. The highest BCUT2D eigenvalue weighted by molar-refractivity contribution is 6.30. The predicted octanol–water partition coefficient (Wildman–Crippen LogP) is 6.77. The smallest absolute Gasteiger partial charge is 0.343 e. The molecule has 0 aliphatic rings. The van der Waals surface area contributed by atoms with Crippen LogP contribution in [0.1, 0.15) is 22.8 Å². The number of para-hydroxylation sites is 2. The van der Waals surface area contributed by atoms with Crippen molar-refractivity contribution < 1.29 is 9.53 Å². The summed E-state index contributed by atoms with van der Waals surface area (Å²) in [5.74, 6) is 0.323. The van der Waals surface area contributed by atoms with Gasteiger partial charge in [-0.3, -0.25) is 0 Å². The van der Waals surface area contributed by atoms with Crippen molar-refractivity contribution in [3.05, 3.63) is 95.1 Å². The molecule has 166 valence electrons. The molecule has 1 aromatic heterocycles. The second-order valence-corrected chi connectivity index (χ2v) is 7.78. The van der Waals surface area contributed by atoms with E-state index in [0.29, 0.717) is 16.7 Å². The Bertz CT molecular complexity index is 1260. The Kier molecular flexibility index (Phi) is 6.86. The average molecular weight is 459 g/mol. The molecule has 0 unspecified atom stereocenters. The molecule has 0 atom stereocenters. The van der Waals surface area contributed by atoms with Gasteiger partial charge in [-0.25, -0.2) is 14.8 Å². The van der Waals surface area contributed by atoms with Crippen molar-refractivity contribution in [2.24, 2.45) is 0 Å². The Balaban J connectivity index is 1.71. The summed E-state index contributed by atoms with van der Waals surface area (Å²) in [5, 5.41) is 7.32. The van der Waals surface area contributed by atoms with Gasteiger partial charge in [-0.1, -0.05) is 41.4 Å². The number of aromatic nitrogens is 2. The number of aryl methyl sites for hydroxylation is 1. The number of anilines is 4. The molecule has 4 rings (SSSR count). The largest absolute Gasteiger partial charge is 0.462 e. The Morgan fingerprint density at radius 1 is 0.939 bits per heavy atom. The van der Waals surface area contributed by atoms with Crippen molar-refractivity contribution in [2.75, 3.05) is 17.2 Å². The number of nitrogens with one attached hydrogen (secondary N) is 2. The zero-order valence-corrected chi connectivity index (χ0v) is 19.1. The summed E-state index contributed by atoms with van der Waals surface area (Å²) in [7, 11) is 0. The summed E-state index contributed by atoms with van der Waals surface area (Å²) >= 11 is 6.01. The van der Waals surface area contributed by atoms with Gasteiger partial charge >= 0.3 is 5.97 Å². The predicted molar refractivity (Wildman–Crippen MR) is 133 cm³/mol. The minimum atomic E-state index is -0.494. The molecule has 0 radical (unpaired) electrons. The quantitative estimate of drug-likeness (QED) is 0.297. The molecular weight excluding hydrogens is 436 g/mol. The minimum Gasteiger partial charge on any atom is -0.462 e. The summed E-state index contributed by atoms with van der Waals surface area (Å²) in [6.45, 7) is 4.06. The zero-order valence-electron chi connectivity index (χ0n) is 18.3. The van der Waals surface area contributed by atoms with Gasteiger partial charge in [-0.2, -0.15) is 0 Å². The molecule has 0 saturated heterocycles. The van der Waals surface area contributed by atoms with E-state index in [9.17, 15) is 4.79 Å². The van der Waals surface area contributed by atoms with Gasteiger partial charge in [0.1, 0.15) is 11.4 Å². The van der Waals surface area contributed by atoms with Crippen LogP contribution in [0.3, 0.4) is 0 Å². The van der Waals surface area contributed by atoms with Crippen LogP contribution in [0.15, 0.2) is 79.0 Å². The van der Waals surface area contributed by atoms with E-state index in [2.05, 4.69) is 20.6 Å². The number of hydrogen-bond donors (Lipinski definition) is 2. The first-order valence-electron chi connectivity index (χ1n) is 10.5. The first kappa shape index (κ1) is 22.3. The van der Waals surface area contributed by atoms with Crippen molar-refractivity contribution in [3.63, 3.8) is 0 Å². The maximum atomic E-state index is 12.6. The molecule has 33 heavy (non-hydrogen) atoms. The molecule has 4 aromatic rings. The van der Waals surface area contributed by atoms with Gasteiger partial charge < -0.3 is 15.4 Å². The van der Waals surface area contributed by atoms with E-state index in [1.807, 2.05) is 67.6 Å². The van der Waals surface area contributed by atoms with Crippen LogP contribution < -0.4 is 10.6 Å². The van der Waals surface area contributed by atoms with Gasteiger partial charge in [-0.05, 0) is 62.4 Å². The summed E-state index contributed by atoms with van der Waals surface area (Å²) in [4.78, 5) is 21.6. The molecule has 0 aliphatic carbocycles. The third-order valence-electron chi connectivity index (χ3n) is 4.90. The molecular formula is C26H23ClN4O2. The van der Waals surface area contributed by atoms with Crippen LogP contribution in [0, 0.1) is 6.92 Å². The molecule has 0 aliphatic heterocycles. The van der Waals surface area contributed by atoms with E-state index < -0.39 is 5.97 Å². The van der Waals surface area contributed by atoms with Crippen LogP contribution in [-0.2, 0) is 4.74 Å². The summed E-state index contributed by atoms with van der Waals surface area (Å²) in [6.07, 6.45) is 1.48. The number of esters is 1. The SMILES string of the molecule is CCOC(=O)c1cnc(-c2ccc(Cl)cc2)nc1Nc1ccccc1Nc1ccc(C)cc1. The first-order chi connectivity index (χ1) is 16.0. The summed E-state index contributed by atoms with van der Waals surface area (Å²) < 4.78 is 5.21. The number of carbonyl (C=O) groups excluding carboxylic acids is 1. The van der Waals surface area contributed by atoms with E-state index in [1.165, 1.54) is 11.8 Å². The van der Waals surface area contributed by atoms with Gasteiger partial charge in [0.25, 0.3) is 0 Å². The topological polar surface area (TPSA) is 76.1 Å². The molecule has 3 aromatic carbocycles. The van der Waals surface area contributed by atoms with Gasteiger partial charge in [-0.15, -0.1) is 0 Å². The summed E-state index contributed by atoms with van der Waals surface area (Å²) in [6, 6.07) is 23.0. The lowest BCUT2D eigenvalue weighted by atomic mass is 10.2. The second-order valence-electron chi connectivity index (χ2n) is 7.34. The van der Waals surface area contributed by atoms with Gasteiger partial charge in [0.2, 0.25) is 0 Å². The number of benzene rings is 3. The number of halogens is 1. The van der Waals surface area contributed by atoms with E-state index in [0.717, 1.165) is 22.6 Å². The van der Waals surface area contributed by atoms with E-state index in [-0.39, 0.29) is 12.2 Å². The van der Waals surface area contributed by atoms with Crippen LogP contribution in [-0.4, -0.2) is 22.5 Å². The maximum absolute atomic E-state index is 12.6. The lowest BCUT2D eigenvalue weighted by molar-refractivity contribution is 0.0526.